The van der Waals surface area contributed by atoms with Crippen LogP contribution in [0.25, 0.3) is 10.8 Å². The van der Waals surface area contributed by atoms with E-state index in [-0.39, 0.29) is 37.4 Å². The van der Waals surface area contributed by atoms with Crippen molar-refractivity contribution in [3.05, 3.63) is 95.6 Å². The zero-order chi connectivity index (χ0) is 35.0. The lowest BCUT2D eigenvalue weighted by atomic mass is 9.80. The number of nitrogens with two attached hydrogens (primary N) is 1. The summed E-state index contributed by atoms with van der Waals surface area (Å²) in [5.41, 5.74) is 6.64. The molecule has 2 aliphatic rings. The highest BCUT2D eigenvalue weighted by Crippen LogP contribution is 2.39. The van der Waals surface area contributed by atoms with E-state index >= 15 is 0 Å². The summed E-state index contributed by atoms with van der Waals surface area (Å²) in [5, 5.41) is 10.9. The van der Waals surface area contributed by atoms with Gasteiger partial charge in [-0.3, -0.25) is 23.7 Å². The van der Waals surface area contributed by atoms with Gasteiger partial charge in [0.1, 0.15) is 11.6 Å². The molecule has 1 fully saturated rings. The first-order valence-electron chi connectivity index (χ1n) is 16.9. The summed E-state index contributed by atoms with van der Waals surface area (Å²) in [5.74, 6) is -2.58. The van der Waals surface area contributed by atoms with Crippen LogP contribution in [0.2, 0.25) is 0 Å². The van der Waals surface area contributed by atoms with Gasteiger partial charge in [-0.25, -0.2) is 0 Å². The van der Waals surface area contributed by atoms with Crippen LogP contribution in [0.4, 0.5) is 0 Å². The highest BCUT2D eigenvalue weighted by molar-refractivity contribution is 7.50. The predicted molar refractivity (Wildman–Crippen MR) is 187 cm³/mol. The second-order valence-electron chi connectivity index (χ2n) is 13.4. The average molecular weight is 689 g/mol. The van der Waals surface area contributed by atoms with Crippen LogP contribution < -0.4 is 21.7 Å². The number of carbonyl (C=O) groups excluding carboxylic acids is 4. The Morgan fingerprint density at radius 2 is 1.65 bits per heavy atom. The summed E-state index contributed by atoms with van der Waals surface area (Å²) >= 11 is 0. The number of benzene rings is 3. The summed E-state index contributed by atoms with van der Waals surface area (Å²) < 4.78 is 11.6. The van der Waals surface area contributed by atoms with E-state index in [9.17, 15) is 33.5 Å². The number of hydrogen-bond donors (Lipinski definition) is 6. The van der Waals surface area contributed by atoms with Crippen LogP contribution in [0, 0.1) is 5.92 Å². The Labute approximate surface area is 286 Å². The maximum Gasteiger partial charge on any atom is 0.329 e. The molecule has 1 aliphatic heterocycles. The quantitative estimate of drug-likeness (QED) is 0.159. The molecule has 0 bridgehead atoms. The van der Waals surface area contributed by atoms with Crippen LogP contribution in [0.3, 0.4) is 0 Å². The Bertz CT molecular complexity index is 1740. The van der Waals surface area contributed by atoms with E-state index in [2.05, 4.69) is 28.1 Å². The number of primary amides is 1. The van der Waals surface area contributed by atoms with Crippen molar-refractivity contribution in [2.75, 3.05) is 6.54 Å². The molecular formula is C37H45N4O7P. The van der Waals surface area contributed by atoms with Crippen LogP contribution >= 0.6 is 7.60 Å². The van der Waals surface area contributed by atoms with Crippen molar-refractivity contribution in [2.24, 2.45) is 11.7 Å². The molecule has 4 amide bonds. The maximum absolute atomic E-state index is 13.9. The molecule has 1 aliphatic carbocycles. The molecule has 1 saturated carbocycles. The Balaban J connectivity index is 1.49. The molecule has 0 saturated heterocycles. The summed E-state index contributed by atoms with van der Waals surface area (Å²) in [6.45, 7) is 0.265. The lowest BCUT2D eigenvalue weighted by Crippen LogP contribution is -2.63. The highest BCUT2D eigenvalue weighted by atomic mass is 31.2. The number of hydrogen-bond acceptors (Lipinski definition) is 5. The van der Waals surface area contributed by atoms with Crippen LogP contribution in [0.1, 0.15) is 74.0 Å². The molecule has 1 spiro atoms. The summed E-state index contributed by atoms with van der Waals surface area (Å²) in [6.07, 6.45) is 7.50. The van der Waals surface area contributed by atoms with Crippen molar-refractivity contribution in [1.29, 1.82) is 0 Å². The molecule has 11 nitrogen and oxygen atoms in total. The van der Waals surface area contributed by atoms with Crippen molar-refractivity contribution in [2.45, 2.75) is 81.4 Å². The number of nitrogens with one attached hydrogen (secondary N) is 3. The SMILES string of the molecule is NC(=O)C[C@@H]1NC(=O)C2(CCCCC2)NC(=O)C[C@@H](c2ccc(CP(=O)(O)O)cc2)C=CC[C@@H](Cc2cccc3ccccc23)CNC1=O. The minimum atomic E-state index is -4.25. The Kier molecular flexibility index (Phi) is 11.7. The maximum atomic E-state index is 13.9. The smallest absolute Gasteiger partial charge is 0.329 e. The molecular weight excluding hydrogens is 643 g/mol. The first-order valence-corrected chi connectivity index (χ1v) is 18.7. The van der Waals surface area contributed by atoms with E-state index in [0.29, 0.717) is 44.1 Å². The Hall–Kier alpha value is -4.31. The van der Waals surface area contributed by atoms with Crippen molar-refractivity contribution in [3.63, 3.8) is 0 Å². The van der Waals surface area contributed by atoms with E-state index in [0.717, 1.165) is 28.3 Å². The van der Waals surface area contributed by atoms with Crippen LogP contribution in [-0.2, 0) is 36.3 Å². The molecule has 49 heavy (non-hydrogen) atoms. The lowest BCUT2D eigenvalue weighted by molar-refractivity contribution is -0.138. The molecule has 12 heteroatoms. The molecule has 0 radical (unpaired) electrons. The summed E-state index contributed by atoms with van der Waals surface area (Å²) in [7, 11) is -4.25. The average Bonchev–Trinajstić information content (AvgIpc) is 3.06. The van der Waals surface area contributed by atoms with Gasteiger partial charge in [0.2, 0.25) is 23.6 Å². The first kappa shape index (κ1) is 36.0. The number of amides is 4. The molecule has 7 N–H and O–H groups in total. The standard InChI is InChI=1S/C37H45N4O7P/c38-33(42)22-32-35(44)39-23-26(20-30-12-7-10-28-9-2-3-13-31(28)30)8-6-11-29(27-16-14-25(15-17-27)24-49(46,47)48)21-34(43)41-37(36(45)40-32)18-4-1-5-19-37/h2-3,6-7,9-17,26,29,32H,1,4-5,8,18-24H2,(H2,38,42)(H,39,44)(H,40,45)(H,41,43)(H2,46,47,48)/t26-,29-,32-/m0/s1. The van der Waals surface area contributed by atoms with Gasteiger partial charge in [0, 0.05) is 18.9 Å². The number of allylic oxidation sites excluding steroid dienone is 2. The molecule has 0 unspecified atom stereocenters. The summed E-state index contributed by atoms with van der Waals surface area (Å²) in [4.78, 5) is 72.1. The van der Waals surface area contributed by atoms with Gasteiger partial charge in [0.25, 0.3) is 0 Å². The highest BCUT2D eigenvalue weighted by Gasteiger charge is 2.42. The molecule has 260 valence electrons. The monoisotopic (exact) mass is 688 g/mol. The summed E-state index contributed by atoms with van der Waals surface area (Å²) in [6, 6.07) is 19.9. The largest absolute Gasteiger partial charge is 0.370 e. The Morgan fingerprint density at radius 3 is 2.37 bits per heavy atom. The fourth-order valence-electron chi connectivity index (χ4n) is 7.02. The van der Waals surface area contributed by atoms with Crippen LogP contribution in [-0.4, -0.2) is 51.5 Å². The van der Waals surface area contributed by atoms with Gasteiger partial charge >= 0.3 is 7.60 Å². The normalized spacial score (nSPS) is 22.4. The first-order chi connectivity index (χ1) is 23.4. The van der Waals surface area contributed by atoms with Gasteiger partial charge in [0.05, 0.1) is 12.6 Å². The minimum absolute atomic E-state index is 0.0270. The van der Waals surface area contributed by atoms with Crippen molar-refractivity contribution >= 4 is 42.0 Å². The second kappa shape index (κ2) is 15.9. The minimum Gasteiger partial charge on any atom is -0.370 e. The molecule has 1 heterocycles. The molecule has 3 aromatic carbocycles. The zero-order valence-corrected chi connectivity index (χ0v) is 28.4. The van der Waals surface area contributed by atoms with Crippen molar-refractivity contribution in [1.82, 2.24) is 16.0 Å². The van der Waals surface area contributed by atoms with Gasteiger partial charge in [-0.1, -0.05) is 98.1 Å². The van der Waals surface area contributed by atoms with Crippen molar-refractivity contribution in [3.8, 4) is 0 Å². The third-order valence-electron chi connectivity index (χ3n) is 9.54. The molecule has 5 rings (SSSR count). The molecule has 3 atom stereocenters. The van der Waals surface area contributed by atoms with Gasteiger partial charge in [-0.15, -0.1) is 0 Å². The van der Waals surface area contributed by atoms with Gasteiger partial charge < -0.3 is 31.5 Å². The van der Waals surface area contributed by atoms with Crippen LogP contribution in [0.5, 0.6) is 0 Å². The molecule has 3 aromatic rings. The van der Waals surface area contributed by atoms with E-state index in [4.69, 9.17) is 5.73 Å². The van der Waals surface area contributed by atoms with E-state index in [1.54, 1.807) is 24.3 Å². The second-order valence-corrected chi connectivity index (χ2v) is 15.0. The molecule has 0 aromatic heterocycles. The zero-order valence-electron chi connectivity index (χ0n) is 27.5. The topological polar surface area (TPSA) is 188 Å². The van der Waals surface area contributed by atoms with Crippen LogP contribution in [0.15, 0.2) is 78.9 Å². The Morgan fingerprint density at radius 1 is 0.939 bits per heavy atom. The third-order valence-corrected chi connectivity index (χ3v) is 10.3. The van der Waals surface area contributed by atoms with Crippen molar-refractivity contribution < 1.29 is 33.5 Å². The number of carbonyl (C=O) groups is 4. The van der Waals surface area contributed by atoms with Gasteiger partial charge in [0.15, 0.2) is 0 Å². The third kappa shape index (κ3) is 9.88. The van der Waals surface area contributed by atoms with E-state index in [1.165, 1.54) is 0 Å². The van der Waals surface area contributed by atoms with Gasteiger partial charge in [-0.2, -0.15) is 0 Å². The number of fused-ring (bicyclic) bond motifs is 1. The number of rotatable bonds is 7. The van der Waals surface area contributed by atoms with E-state index < -0.39 is 42.8 Å². The predicted octanol–water partition coefficient (Wildman–Crippen LogP) is 4.11. The fourth-order valence-corrected chi connectivity index (χ4v) is 7.70. The lowest BCUT2D eigenvalue weighted by Gasteiger charge is -2.38. The van der Waals surface area contributed by atoms with E-state index in [1.807, 2.05) is 42.5 Å². The van der Waals surface area contributed by atoms with Gasteiger partial charge in [-0.05, 0) is 59.1 Å². The fraction of sp³-hybridized carbons (Fsp3) is 0.405.